The van der Waals surface area contributed by atoms with Crippen molar-refractivity contribution >= 4 is 11.8 Å². The maximum absolute atomic E-state index is 12.2. The minimum absolute atomic E-state index is 0.00488. The van der Waals surface area contributed by atoms with Crippen molar-refractivity contribution in [1.29, 1.82) is 0 Å². The van der Waals surface area contributed by atoms with Crippen LogP contribution < -0.4 is 0 Å². The minimum atomic E-state index is -0.211. The standard InChI is InChI=1S/C15H22O4/c1-2-3-13(16)18-8-19-15-11-5-9-4-10(7-11)14(17)12(15)6-9/h9-12,15H,2-8H2,1H3. The first-order valence-corrected chi connectivity index (χ1v) is 7.50. The molecular formula is C15H22O4. The molecule has 4 rings (SSSR count). The highest BCUT2D eigenvalue weighted by Crippen LogP contribution is 2.52. The van der Waals surface area contributed by atoms with Crippen molar-refractivity contribution in [3.63, 3.8) is 0 Å². The summed E-state index contributed by atoms with van der Waals surface area (Å²) in [6.07, 6.45) is 5.48. The molecule has 5 atom stereocenters. The van der Waals surface area contributed by atoms with E-state index in [-0.39, 0.29) is 24.8 Å². The lowest BCUT2D eigenvalue weighted by Gasteiger charge is -2.52. The van der Waals surface area contributed by atoms with Crippen molar-refractivity contribution in [2.24, 2.45) is 23.7 Å². The van der Waals surface area contributed by atoms with Crippen molar-refractivity contribution in [2.45, 2.75) is 51.6 Å². The van der Waals surface area contributed by atoms with Crippen LogP contribution in [-0.4, -0.2) is 24.6 Å². The zero-order valence-corrected chi connectivity index (χ0v) is 11.5. The SMILES string of the molecule is CCCC(=O)OCOC1C2CC3CC(C2)C(=O)C1C3. The molecule has 0 radical (unpaired) electrons. The van der Waals surface area contributed by atoms with Gasteiger partial charge in [-0.05, 0) is 43.9 Å². The van der Waals surface area contributed by atoms with Gasteiger partial charge in [0.05, 0.1) is 6.10 Å². The van der Waals surface area contributed by atoms with Gasteiger partial charge >= 0.3 is 5.97 Å². The van der Waals surface area contributed by atoms with Gasteiger partial charge in [-0.3, -0.25) is 9.59 Å². The molecule has 0 heterocycles. The third-order valence-electron chi connectivity index (χ3n) is 4.99. The molecule has 4 heteroatoms. The molecule has 19 heavy (non-hydrogen) atoms. The Morgan fingerprint density at radius 1 is 1.26 bits per heavy atom. The van der Waals surface area contributed by atoms with E-state index >= 15 is 0 Å². The van der Waals surface area contributed by atoms with Gasteiger partial charge in [0.1, 0.15) is 5.78 Å². The molecular weight excluding hydrogens is 244 g/mol. The Balaban J connectivity index is 1.54. The number of Topliss-reactive ketones (excluding diaryl/α,β-unsaturated/α-hetero) is 1. The van der Waals surface area contributed by atoms with Gasteiger partial charge in [-0.15, -0.1) is 0 Å². The summed E-state index contributed by atoms with van der Waals surface area (Å²) in [5.41, 5.74) is 0. The first kappa shape index (κ1) is 13.1. The fourth-order valence-electron chi connectivity index (χ4n) is 4.29. The second-order valence-electron chi connectivity index (χ2n) is 6.29. The maximum Gasteiger partial charge on any atom is 0.307 e. The Morgan fingerprint density at radius 2 is 2.11 bits per heavy atom. The fraction of sp³-hybridized carbons (Fsp3) is 0.867. The van der Waals surface area contributed by atoms with E-state index in [0.717, 1.165) is 31.6 Å². The van der Waals surface area contributed by atoms with Crippen LogP contribution in [0.25, 0.3) is 0 Å². The molecule has 4 aliphatic carbocycles. The maximum atomic E-state index is 12.2. The topological polar surface area (TPSA) is 52.6 Å². The number of carbonyl (C=O) groups excluding carboxylic acids is 2. The summed E-state index contributed by atoms with van der Waals surface area (Å²) in [4.78, 5) is 23.5. The lowest BCUT2D eigenvalue weighted by Crippen LogP contribution is -2.55. The molecule has 0 aliphatic heterocycles. The molecule has 0 spiro atoms. The van der Waals surface area contributed by atoms with Gasteiger partial charge in [0.25, 0.3) is 0 Å². The van der Waals surface area contributed by atoms with Crippen LogP contribution in [0.2, 0.25) is 0 Å². The van der Waals surface area contributed by atoms with Gasteiger partial charge in [0.15, 0.2) is 6.79 Å². The number of hydrogen-bond acceptors (Lipinski definition) is 4. The smallest absolute Gasteiger partial charge is 0.307 e. The van der Waals surface area contributed by atoms with Crippen molar-refractivity contribution in [2.75, 3.05) is 6.79 Å². The summed E-state index contributed by atoms with van der Waals surface area (Å²) in [7, 11) is 0. The molecule has 0 aromatic rings. The van der Waals surface area contributed by atoms with Gasteiger partial charge in [-0.25, -0.2) is 0 Å². The number of hydrogen-bond donors (Lipinski definition) is 0. The summed E-state index contributed by atoms with van der Waals surface area (Å²) in [5.74, 6) is 1.79. The average molecular weight is 266 g/mol. The Labute approximate surface area is 113 Å². The molecule has 4 saturated carbocycles. The molecule has 4 nitrogen and oxygen atoms in total. The van der Waals surface area contributed by atoms with Gasteiger partial charge in [0.2, 0.25) is 0 Å². The number of rotatable bonds is 5. The summed E-state index contributed by atoms with van der Waals surface area (Å²) in [6, 6.07) is 0. The van der Waals surface area contributed by atoms with Crippen molar-refractivity contribution in [3.8, 4) is 0 Å². The third kappa shape index (κ3) is 2.42. The molecule has 4 bridgehead atoms. The van der Waals surface area contributed by atoms with E-state index in [0.29, 0.717) is 24.0 Å². The van der Waals surface area contributed by atoms with E-state index in [2.05, 4.69) is 0 Å². The lowest BCUT2D eigenvalue weighted by atomic mass is 9.54. The van der Waals surface area contributed by atoms with E-state index in [1.165, 1.54) is 6.42 Å². The van der Waals surface area contributed by atoms with Gasteiger partial charge in [0, 0.05) is 18.3 Å². The van der Waals surface area contributed by atoms with Crippen molar-refractivity contribution in [1.82, 2.24) is 0 Å². The van der Waals surface area contributed by atoms with Crippen LogP contribution >= 0.6 is 0 Å². The van der Waals surface area contributed by atoms with E-state index in [4.69, 9.17) is 9.47 Å². The molecule has 0 amide bonds. The van der Waals surface area contributed by atoms with Crippen LogP contribution in [0.1, 0.15) is 45.4 Å². The summed E-state index contributed by atoms with van der Waals surface area (Å²) in [5, 5.41) is 0. The molecule has 4 aliphatic rings. The van der Waals surface area contributed by atoms with Crippen molar-refractivity contribution < 1.29 is 19.1 Å². The third-order valence-corrected chi connectivity index (χ3v) is 4.99. The monoisotopic (exact) mass is 266 g/mol. The zero-order chi connectivity index (χ0) is 13.4. The second-order valence-corrected chi connectivity index (χ2v) is 6.29. The fourth-order valence-corrected chi connectivity index (χ4v) is 4.29. The van der Waals surface area contributed by atoms with E-state index in [1.807, 2.05) is 6.92 Å². The predicted molar refractivity (Wildman–Crippen MR) is 68.2 cm³/mol. The quantitative estimate of drug-likeness (QED) is 0.566. The second kappa shape index (κ2) is 5.23. The largest absolute Gasteiger partial charge is 0.438 e. The van der Waals surface area contributed by atoms with Crippen LogP contribution in [0, 0.1) is 23.7 Å². The van der Waals surface area contributed by atoms with Crippen LogP contribution in [0.15, 0.2) is 0 Å². The van der Waals surface area contributed by atoms with Crippen LogP contribution in [-0.2, 0) is 19.1 Å². The summed E-state index contributed by atoms with van der Waals surface area (Å²) >= 11 is 0. The number of carbonyl (C=O) groups is 2. The van der Waals surface area contributed by atoms with Gasteiger partial charge < -0.3 is 9.47 Å². The number of ketones is 1. The Bertz CT molecular complexity index is 378. The van der Waals surface area contributed by atoms with Gasteiger partial charge in [-0.2, -0.15) is 0 Å². The molecule has 4 fully saturated rings. The number of ether oxygens (including phenoxy) is 2. The van der Waals surface area contributed by atoms with Crippen molar-refractivity contribution in [3.05, 3.63) is 0 Å². The molecule has 106 valence electrons. The molecule has 0 saturated heterocycles. The highest BCUT2D eigenvalue weighted by molar-refractivity contribution is 5.86. The molecule has 0 N–H and O–H groups in total. The zero-order valence-electron chi connectivity index (χ0n) is 11.5. The predicted octanol–water partition coefficient (Wildman–Crippen LogP) is 2.31. The van der Waals surface area contributed by atoms with E-state index in [1.54, 1.807) is 0 Å². The van der Waals surface area contributed by atoms with E-state index in [9.17, 15) is 9.59 Å². The minimum Gasteiger partial charge on any atom is -0.438 e. The first-order valence-electron chi connectivity index (χ1n) is 7.50. The Morgan fingerprint density at radius 3 is 2.89 bits per heavy atom. The average Bonchev–Trinajstić information content (AvgIpc) is 2.38. The molecule has 0 aromatic heterocycles. The van der Waals surface area contributed by atoms with Gasteiger partial charge in [-0.1, -0.05) is 6.92 Å². The Kier molecular flexibility index (Phi) is 3.61. The number of esters is 1. The normalized spacial score (nSPS) is 39.6. The molecule has 5 unspecified atom stereocenters. The highest BCUT2D eigenvalue weighted by Gasteiger charge is 2.53. The lowest BCUT2D eigenvalue weighted by molar-refractivity contribution is -0.188. The van der Waals surface area contributed by atoms with E-state index < -0.39 is 0 Å². The summed E-state index contributed by atoms with van der Waals surface area (Å²) < 4.78 is 10.8. The Hall–Kier alpha value is -0.900. The van der Waals surface area contributed by atoms with Crippen LogP contribution in [0.4, 0.5) is 0 Å². The first-order chi connectivity index (χ1) is 9.19. The molecule has 0 aromatic carbocycles. The highest BCUT2D eigenvalue weighted by atomic mass is 16.7. The van der Waals surface area contributed by atoms with Crippen LogP contribution in [0.3, 0.4) is 0 Å². The van der Waals surface area contributed by atoms with Crippen LogP contribution in [0.5, 0.6) is 0 Å². The summed E-state index contributed by atoms with van der Waals surface area (Å²) in [6.45, 7) is 1.96.